The van der Waals surface area contributed by atoms with E-state index in [1.54, 1.807) is 24.3 Å². The molecule has 1 aliphatic carbocycles. The van der Waals surface area contributed by atoms with E-state index < -0.39 is 40.0 Å². The molecule has 4 aromatic rings. The molecule has 0 radical (unpaired) electrons. The number of hydrogen-bond donors (Lipinski definition) is 4. The molecule has 16 heteroatoms. The van der Waals surface area contributed by atoms with Crippen molar-refractivity contribution in [3.8, 4) is 5.75 Å². The number of benzene rings is 3. The van der Waals surface area contributed by atoms with Gasteiger partial charge in [-0.25, -0.2) is 18.0 Å². The van der Waals surface area contributed by atoms with Crippen LogP contribution < -0.4 is 20.7 Å². The summed E-state index contributed by atoms with van der Waals surface area (Å²) in [4.78, 5) is 40.9. The third-order valence-corrected chi connectivity index (χ3v) is 15.5. The van der Waals surface area contributed by atoms with Gasteiger partial charge in [0.15, 0.2) is 5.79 Å². The summed E-state index contributed by atoms with van der Waals surface area (Å²) < 4.78 is 52.2. The molecule has 344 valence electrons. The van der Waals surface area contributed by atoms with Crippen LogP contribution in [0, 0.1) is 17.3 Å². The quantitative estimate of drug-likeness (QED) is 0.0753. The summed E-state index contributed by atoms with van der Waals surface area (Å²) in [5.74, 6) is -1.69. The molecule has 0 spiro atoms. The molecule has 7 rings (SSSR count). The van der Waals surface area contributed by atoms with E-state index in [2.05, 4.69) is 29.8 Å². The van der Waals surface area contributed by atoms with Crippen molar-refractivity contribution in [2.45, 2.75) is 103 Å². The largest absolute Gasteiger partial charge is 0.497 e. The molecule has 0 bridgehead atoms. The maximum absolute atomic E-state index is 14.0. The molecule has 2 aliphatic heterocycles. The smallest absolute Gasteiger partial charge is 0.407 e. The number of alkyl carbamates (subject to hydrolysis) is 1. The van der Waals surface area contributed by atoms with Crippen molar-refractivity contribution >= 4 is 50.0 Å². The molecule has 0 unspecified atom stereocenters. The van der Waals surface area contributed by atoms with Gasteiger partial charge in [-0.1, -0.05) is 58.0 Å². The summed E-state index contributed by atoms with van der Waals surface area (Å²) >= 11 is 1.35. The number of anilines is 2. The van der Waals surface area contributed by atoms with Crippen LogP contribution in [0.4, 0.5) is 15.5 Å². The molecule has 2 saturated heterocycles. The lowest BCUT2D eigenvalue weighted by Gasteiger charge is -2.29. The van der Waals surface area contributed by atoms with Crippen LogP contribution in [-0.4, -0.2) is 87.1 Å². The number of aryl methyl sites for hydroxylation is 1. The molecule has 4 atom stereocenters. The number of ether oxygens (including phenoxy) is 4. The van der Waals surface area contributed by atoms with Crippen LogP contribution in [-0.2, 0) is 50.0 Å². The van der Waals surface area contributed by atoms with E-state index in [1.807, 2.05) is 57.2 Å². The number of sulfonamides is 1. The lowest BCUT2D eigenvalue weighted by molar-refractivity contribution is -0.181. The van der Waals surface area contributed by atoms with Crippen molar-refractivity contribution in [2.24, 2.45) is 17.3 Å². The molecule has 4 N–H and O–H groups in total. The highest BCUT2D eigenvalue weighted by Gasteiger charge is 2.53. The number of carboxylic acid groups (broad SMARTS) is 1. The van der Waals surface area contributed by atoms with Gasteiger partial charge in [0.1, 0.15) is 16.9 Å². The van der Waals surface area contributed by atoms with Gasteiger partial charge in [-0.2, -0.15) is 4.31 Å². The van der Waals surface area contributed by atoms with Crippen LogP contribution in [0.3, 0.4) is 0 Å². The number of nitrogens with zero attached hydrogens (tertiary/aromatic N) is 1. The van der Waals surface area contributed by atoms with Crippen molar-refractivity contribution in [1.82, 2.24) is 9.62 Å². The fourth-order valence-corrected chi connectivity index (χ4v) is 11.8. The normalized spacial score (nSPS) is 20.6. The van der Waals surface area contributed by atoms with Gasteiger partial charge in [-0.15, -0.1) is 11.3 Å². The number of amides is 2. The van der Waals surface area contributed by atoms with Crippen molar-refractivity contribution < 1.29 is 46.9 Å². The number of nitrogens with one attached hydrogen (secondary N) is 3. The first-order chi connectivity index (χ1) is 30.4. The molecular formula is C48H60N4O10S2. The molecule has 3 heterocycles. The van der Waals surface area contributed by atoms with Crippen LogP contribution in [0.15, 0.2) is 77.7 Å². The SMILES string of the molecule is COc1ccc(S(=O)(=O)N(CC[C@H](Cc2ccc(NCc3ccccc3C(=O)Nc3sc4c(c3C(=O)O)CC(C)(C)CC4)cc2)NC(=O)O[C@H]2CO[C@@]3(C)OCC[C@@H]23)CC(C)C)cc1. The molecule has 1 aromatic heterocycles. The Morgan fingerprint density at radius 1 is 1.00 bits per heavy atom. The Labute approximate surface area is 380 Å². The zero-order chi connectivity index (χ0) is 45.8. The Morgan fingerprint density at radius 2 is 1.73 bits per heavy atom. The summed E-state index contributed by atoms with van der Waals surface area (Å²) in [6.07, 6.45) is 2.73. The Morgan fingerprint density at radius 3 is 2.44 bits per heavy atom. The minimum absolute atomic E-state index is 0.0125. The van der Waals surface area contributed by atoms with Crippen molar-refractivity contribution in [2.75, 3.05) is 44.0 Å². The number of methoxy groups -OCH3 is 1. The van der Waals surface area contributed by atoms with E-state index in [9.17, 15) is 27.9 Å². The number of rotatable bonds is 18. The highest BCUT2D eigenvalue weighted by molar-refractivity contribution is 7.89. The van der Waals surface area contributed by atoms with Crippen LogP contribution >= 0.6 is 11.3 Å². The molecule has 0 saturated carbocycles. The van der Waals surface area contributed by atoms with Crippen LogP contribution in [0.5, 0.6) is 5.75 Å². The number of carbonyl (C=O) groups excluding carboxylic acids is 2. The number of carbonyl (C=O) groups is 3. The number of aromatic carboxylic acids is 1. The zero-order valence-electron chi connectivity index (χ0n) is 37.4. The first-order valence-electron chi connectivity index (χ1n) is 21.9. The molecular weight excluding hydrogens is 857 g/mol. The highest BCUT2D eigenvalue weighted by Crippen LogP contribution is 2.44. The van der Waals surface area contributed by atoms with Gasteiger partial charge in [-0.05, 0) is 116 Å². The van der Waals surface area contributed by atoms with Gasteiger partial charge in [0.2, 0.25) is 10.0 Å². The second-order valence-electron chi connectivity index (χ2n) is 18.3. The van der Waals surface area contributed by atoms with Gasteiger partial charge < -0.3 is 40.0 Å². The predicted molar refractivity (Wildman–Crippen MR) is 246 cm³/mol. The van der Waals surface area contributed by atoms with Gasteiger partial charge in [0.05, 0.1) is 36.7 Å². The van der Waals surface area contributed by atoms with E-state index in [0.717, 1.165) is 40.1 Å². The van der Waals surface area contributed by atoms with Crippen LogP contribution in [0.1, 0.15) is 96.2 Å². The molecule has 3 aliphatic rings. The average molecular weight is 917 g/mol. The van der Waals surface area contributed by atoms with E-state index in [4.69, 9.17) is 18.9 Å². The average Bonchev–Trinajstić information content (AvgIpc) is 3.91. The van der Waals surface area contributed by atoms with Gasteiger partial charge in [0.25, 0.3) is 5.91 Å². The van der Waals surface area contributed by atoms with Crippen LogP contribution in [0.25, 0.3) is 0 Å². The van der Waals surface area contributed by atoms with E-state index >= 15 is 0 Å². The number of fused-ring (bicyclic) bond motifs is 2. The fraction of sp³-hybridized carbons (Fsp3) is 0.479. The maximum atomic E-state index is 14.0. The monoisotopic (exact) mass is 916 g/mol. The number of thiophene rings is 1. The maximum Gasteiger partial charge on any atom is 0.407 e. The highest BCUT2D eigenvalue weighted by atomic mass is 32.2. The lowest BCUT2D eigenvalue weighted by atomic mass is 9.76. The van der Waals surface area contributed by atoms with Gasteiger partial charge in [-0.3, -0.25) is 4.79 Å². The summed E-state index contributed by atoms with van der Waals surface area (Å²) in [5, 5.41) is 19.9. The van der Waals surface area contributed by atoms with Gasteiger partial charge in [0, 0.05) is 41.8 Å². The summed E-state index contributed by atoms with van der Waals surface area (Å²) in [6.45, 7) is 11.6. The molecule has 14 nitrogen and oxygen atoms in total. The Bertz CT molecular complexity index is 2420. The Balaban J connectivity index is 1.03. The summed E-state index contributed by atoms with van der Waals surface area (Å²) in [5.41, 5.74) is 3.86. The second kappa shape index (κ2) is 19.6. The first-order valence-corrected chi connectivity index (χ1v) is 24.2. The van der Waals surface area contributed by atoms with Crippen LogP contribution in [0.2, 0.25) is 0 Å². The molecule has 2 amide bonds. The molecule has 3 aromatic carbocycles. The van der Waals surface area contributed by atoms with E-state index in [1.165, 1.54) is 34.9 Å². The van der Waals surface area contributed by atoms with Gasteiger partial charge >= 0.3 is 12.1 Å². The van der Waals surface area contributed by atoms with E-state index in [-0.39, 0.29) is 53.3 Å². The Kier molecular flexibility index (Phi) is 14.4. The lowest BCUT2D eigenvalue weighted by Crippen LogP contribution is -2.43. The topological polar surface area (TPSA) is 182 Å². The fourth-order valence-electron chi connectivity index (χ4n) is 8.93. The van der Waals surface area contributed by atoms with Crippen molar-refractivity contribution in [1.29, 1.82) is 0 Å². The standard InChI is InChI=1S/C48H60N4O10S2/c1-30(2)28-52(64(57,58)36-17-15-35(59-6)16-18-36)23-20-34(50-46(56)62-40-29-61-48(5)39(40)21-24-60-48)25-31-11-13-33(14-12-31)49-27-32-9-7-8-10-37(32)43(53)51-44-42(45(54)55)38-26-47(3,4)22-19-41(38)63-44/h7-18,30,34,39-40,49H,19-29H2,1-6H3,(H,50,56)(H,51,53)(H,54,55)/t34-,39+,40+,48-/m1/s1. The molecule has 64 heavy (non-hydrogen) atoms. The summed E-state index contributed by atoms with van der Waals surface area (Å²) in [7, 11) is -2.35. The third-order valence-electron chi connectivity index (χ3n) is 12.4. The minimum Gasteiger partial charge on any atom is -0.497 e. The zero-order valence-corrected chi connectivity index (χ0v) is 39.0. The molecule has 2 fully saturated rings. The third kappa shape index (κ3) is 10.9. The summed E-state index contributed by atoms with van der Waals surface area (Å²) in [6, 6.07) is 20.8. The first kappa shape index (κ1) is 47.0. The Hall–Kier alpha value is -5.00. The van der Waals surface area contributed by atoms with E-state index in [0.29, 0.717) is 55.1 Å². The predicted octanol–water partition coefficient (Wildman–Crippen LogP) is 8.36. The van der Waals surface area contributed by atoms with Crippen molar-refractivity contribution in [3.05, 3.63) is 105 Å². The number of carboxylic acids is 1. The minimum atomic E-state index is -3.88. The van der Waals surface area contributed by atoms with Crippen molar-refractivity contribution in [3.63, 3.8) is 0 Å². The second-order valence-corrected chi connectivity index (χ2v) is 21.3. The number of hydrogen-bond acceptors (Lipinski definition) is 11.